The third-order valence-electron chi connectivity index (χ3n) is 5.30. The number of amides is 2. The SMILES string of the molecule is COc1ccccc1/C=C/CN(C(=O)Nc1ccc(C(C)C)cc1)c1ccc(C(F)(F)F)cc1. The number of methoxy groups -OCH3 is 1. The molecular formula is C27H27F3N2O2. The molecule has 4 nitrogen and oxygen atoms in total. The summed E-state index contributed by atoms with van der Waals surface area (Å²) in [5.41, 5.74) is 2.12. The zero-order valence-corrected chi connectivity index (χ0v) is 19.3. The van der Waals surface area contributed by atoms with Gasteiger partial charge in [-0.2, -0.15) is 13.2 Å². The van der Waals surface area contributed by atoms with E-state index in [2.05, 4.69) is 19.2 Å². The van der Waals surface area contributed by atoms with E-state index in [1.807, 2.05) is 48.5 Å². The molecule has 0 fully saturated rings. The molecule has 1 N–H and O–H groups in total. The number of hydrogen-bond acceptors (Lipinski definition) is 2. The average molecular weight is 469 g/mol. The highest BCUT2D eigenvalue weighted by Gasteiger charge is 2.30. The first-order valence-corrected chi connectivity index (χ1v) is 10.8. The van der Waals surface area contributed by atoms with Crippen molar-refractivity contribution < 1.29 is 22.7 Å². The minimum Gasteiger partial charge on any atom is -0.496 e. The van der Waals surface area contributed by atoms with Crippen molar-refractivity contribution in [3.8, 4) is 5.75 Å². The lowest BCUT2D eigenvalue weighted by Gasteiger charge is -2.22. The summed E-state index contributed by atoms with van der Waals surface area (Å²) in [6.45, 7) is 4.29. The number of alkyl halides is 3. The Bertz CT molecular complexity index is 1120. The van der Waals surface area contributed by atoms with Gasteiger partial charge in [0.15, 0.2) is 0 Å². The molecular weight excluding hydrogens is 441 g/mol. The Kier molecular flexibility index (Phi) is 7.99. The fourth-order valence-electron chi connectivity index (χ4n) is 3.37. The van der Waals surface area contributed by atoms with Crippen LogP contribution in [0.25, 0.3) is 6.08 Å². The van der Waals surface area contributed by atoms with Gasteiger partial charge in [-0.15, -0.1) is 0 Å². The van der Waals surface area contributed by atoms with Gasteiger partial charge in [-0.05, 0) is 53.9 Å². The minimum atomic E-state index is -4.45. The van der Waals surface area contributed by atoms with Crippen molar-refractivity contribution in [3.63, 3.8) is 0 Å². The Morgan fingerprint density at radius 1 is 1.00 bits per heavy atom. The summed E-state index contributed by atoms with van der Waals surface area (Å²) in [6.07, 6.45) is -0.884. The predicted octanol–water partition coefficient (Wildman–Crippen LogP) is 7.59. The molecule has 3 aromatic carbocycles. The number of anilines is 2. The van der Waals surface area contributed by atoms with Gasteiger partial charge in [-0.25, -0.2) is 4.79 Å². The molecule has 2 amide bonds. The van der Waals surface area contributed by atoms with Gasteiger partial charge in [-0.3, -0.25) is 4.90 Å². The lowest BCUT2D eigenvalue weighted by atomic mass is 10.0. The average Bonchev–Trinajstić information content (AvgIpc) is 2.82. The quantitative estimate of drug-likeness (QED) is 0.388. The van der Waals surface area contributed by atoms with Crippen LogP contribution in [0, 0.1) is 0 Å². The molecule has 34 heavy (non-hydrogen) atoms. The summed E-state index contributed by atoms with van der Waals surface area (Å²) >= 11 is 0. The molecule has 3 aromatic rings. The number of urea groups is 1. The van der Waals surface area contributed by atoms with Crippen LogP contribution in [0.2, 0.25) is 0 Å². The van der Waals surface area contributed by atoms with Crippen LogP contribution in [0.4, 0.5) is 29.3 Å². The number of rotatable bonds is 7. The summed E-state index contributed by atoms with van der Waals surface area (Å²) < 4.78 is 44.3. The van der Waals surface area contributed by atoms with Crippen LogP contribution in [0.5, 0.6) is 5.75 Å². The number of nitrogens with zero attached hydrogens (tertiary/aromatic N) is 1. The van der Waals surface area contributed by atoms with Crippen LogP contribution >= 0.6 is 0 Å². The van der Waals surface area contributed by atoms with E-state index in [1.165, 1.54) is 17.0 Å². The van der Waals surface area contributed by atoms with Crippen molar-refractivity contribution in [2.45, 2.75) is 25.9 Å². The Labute approximate surface area is 197 Å². The van der Waals surface area contributed by atoms with Crippen LogP contribution in [-0.2, 0) is 6.18 Å². The molecule has 0 unspecified atom stereocenters. The van der Waals surface area contributed by atoms with E-state index in [9.17, 15) is 18.0 Å². The number of carbonyl (C=O) groups is 1. The number of hydrogen-bond donors (Lipinski definition) is 1. The maximum atomic E-state index is 13.1. The lowest BCUT2D eigenvalue weighted by Crippen LogP contribution is -2.35. The van der Waals surface area contributed by atoms with Gasteiger partial charge in [-0.1, -0.05) is 56.3 Å². The van der Waals surface area contributed by atoms with Crippen LogP contribution in [0.1, 0.15) is 36.5 Å². The molecule has 0 aliphatic carbocycles. The first-order valence-electron chi connectivity index (χ1n) is 10.8. The first kappa shape index (κ1) is 24.9. The van der Waals surface area contributed by atoms with Crippen LogP contribution in [0.15, 0.2) is 78.9 Å². The summed E-state index contributed by atoms with van der Waals surface area (Å²) in [4.78, 5) is 14.5. The van der Waals surface area contributed by atoms with E-state index >= 15 is 0 Å². The highest BCUT2D eigenvalue weighted by Crippen LogP contribution is 2.31. The second-order valence-corrected chi connectivity index (χ2v) is 8.01. The van der Waals surface area contributed by atoms with Gasteiger partial charge in [0.2, 0.25) is 0 Å². The van der Waals surface area contributed by atoms with Gasteiger partial charge < -0.3 is 10.1 Å². The number of ether oxygens (including phenoxy) is 1. The van der Waals surface area contributed by atoms with E-state index in [0.29, 0.717) is 23.0 Å². The van der Waals surface area contributed by atoms with Crippen LogP contribution < -0.4 is 15.0 Å². The molecule has 0 aliphatic rings. The molecule has 0 saturated carbocycles. The standard InChI is InChI=1S/C27H27F3N2O2/c1-19(2)20-10-14-23(15-11-20)31-26(33)32(24-16-12-22(13-17-24)27(28,29)30)18-6-8-21-7-4-5-9-25(21)34-3/h4-17,19H,18H2,1-3H3,(H,31,33)/b8-6+. The highest BCUT2D eigenvalue weighted by molar-refractivity contribution is 6.02. The second kappa shape index (κ2) is 10.9. The molecule has 3 rings (SSSR count). The van der Waals surface area contributed by atoms with E-state index in [4.69, 9.17) is 4.74 Å². The lowest BCUT2D eigenvalue weighted by molar-refractivity contribution is -0.137. The summed E-state index contributed by atoms with van der Waals surface area (Å²) in [7, 11) is 1.57. The molecule has 0 atom stereocenters. The Morgan fingerprint density at radius 2 is 1.65 bits per heavy atom. The van der Waals surface area contributed by atoms with E-state index in [1.54, 1.807) is 19.3 Å². The summed E-state index contributed by atoms with van der Waals surface area (Å²) in [5, 5.41) is 2.83. The number of carbonyl (C=O) groups excluding carboxylic acids is 1. The zero-order chi connectivity index (χ0) is 24.7. The van der Waals surface area contributed by atoms with Crippen molar-refractivity contribution in [2.75, 3.05) is 23.9 Å². The maximum Gasteiger partial charge on any atom is 0.416 e. The van der Waals surface area contributed by atoms with Crippen molar-refractivity contribution >= 4 is 23.5 Å². The van der Waals surface area contributed by atoms with Crippen molar-refractivity contribution in [3.05, 3.63) is 95.6 Å². The molecule has 0 spiro atoms. The molecule has 0 heterocycles. The third kappa shape index (κ3) is 6.41. The monoisotopic (exact) mass is 468 g/mol. The fraction of sp³-hybridized carbons (Fsp3) is 0.222. The Hall–Kier alpha value is -3.74. The Morgan fingerprint density at radius 3 is 2.24 bits per heavy atom. The van der Waals surface area contributed by atoms with E-state index < -0.39 is 17.8 Å². The first-order chi connectivity index (χ1) is 16.2. The largest absolute Gasteiger partial charge is 0.496 e. The van der Waals surface area contributed by atoms with E-state index in [0.717, 1.165) is 23.3 Å². The number of nitrogens with one attached hydrogen (secondary N) is 1. The van der Waals surface area contributed by atoms with Gasteiger partial charge >= 0.3 is 12.2 Å². The topological polar surface area (TPSA) is 41.6 Å². The maximum absolute atomic E-state index is 13.1. The van der Waals surface area contributed by atoms with Gasteiger partial charge in [0, 0.05) is 23.5 Å². The number of para-hydroxylation sites is 1. The molecule has 178 valence electrons. The van der Waals surface area contributed by atoms with E-state index in [-0.39, 0.29) is 6.54 Å². The number of halogens is 3. The zero-order valence-electron chi connectivity index (χ0n) is 19.3. The van der Waals surface area contributed by atoms with Crippen LogP contribution in [0.3, 0.4) is 0 Å². The minimum absolute atomic E-state index is 0.138. The van der Waals surface area contributed by atoms with Crippen molar-refractivity contribution in [1.29, 1.82) is 0 Å². The molecule has 0 bridgehead atoms. The highest BCUT2D eigenvalue weighted by atomic mass is 19.4. The molecule has 0 aromatic heterocycles. The van der Waals surface area contributed by atoms with Gasteiger partial charge in [0.1, 0.15) is 5.75 Å². The molecule has 0 radical (unpaired) electrons. The summed E-state index contributed by atoms with van der Waals surface area (Å²) in [6, 6.07) is 19.0. The fourth-order valence-corrected chi connectivity index (χ4v) is 3.37. The van der Waals surface area contributed by atoms with Gasteiger partial charge in [0.25, 0.3) is 0 Å². The van der Waals surface area contributed by atoms with Crippen molar-refractivity contribution in [2.24, 2.45) is 0 Å². The van der Waals surface area contributed by atoms with Gasteiger partial charge in [0.05, 0.1) is 12.7 Å². The van der Waals surface area contributed by atoms with Crippen LogP contribution in [-0.4, -0.2) is 19.7 Å². The Balaban J connectivity index is 1.84. The summed E-state index contributed by atoms with van der Waals surface area (Å²) in [5.74, 6) is 1.03. The number of benzene rings is 3. The third-order valence-corrected chi connectivity index (χ3v) is 5.30. The molecule has 0 saturated heterocycles. The van der Waals surface area contributed by atoms with Crippen molar-refractivity contribution in [1.82, 2.24) is 0 Å². The normalized spacial score (nSPS) is 11.6. The molecule has 0 aliphatic heterocycles. The second-order valence-electron chi connectivity index (χ2n) is 8.01. The predicted molar refractivity (Wildman–Crippen MR) is 130 cm³/mol. The smallest absolute Gasteiger partial charge is 0.416 e. The molecule has 7 heteroatoms.